The highest BCUT2D eigenvalue weighted by atomic mass is 16.5. The van der Waals surface area contributed by atoms with E-state index in [1.54, 1.807) is 0 Å². The normalized spacial score (nSPS) is 15.1. The van der Waals surface area contributed by atoms with Crippen molar-refractivity contribution >= 4 is 17.5 Å². The fourth-order valence-corrected chi connectivity index (χ4v) is 2.20. The number of hydrogen-bond acceptors (Lipinski definition) is 4. The second-order valence-corrected chi connectivity index (χ2v) is 4.37. The maximum absolute atomic E-state index is 11.1. The summed E-state index contributed by atoms with van der Waals surface area (Å²) in [6.07, 6.45) is 2.83. The molecule has 19 heavy (non-hydrogen) atoms. The molecule has 0 saturated carbocycles. The van der Waals surface area contributed by atoms with Gasteiger partial charge in [0.1, 0.15) is 11.3 Å². The van der Waals surface area contributed by atoms with Crippen LogP contribution in [0.4, 0.5) is 0 Å². The Kier molecular flexibility index (Phi) is 2.70. The Hall–Kier alpha value is -2.37. The Morgan fingerprint density at radius 3 is 3.05 bits per heavy atom. The standard InChI is InChI=1S/C13H14N4O2/c1-3-9-5-4-6-17-11(8(2)14-12(9)17)13-16-15-10(18)7-19-13/h4-6H,3,7H2,1-2H3,(H,15,18). The first-order valence-corrected chi connectivity index (χ1v) is 6.17. The lowest BCUT2D eigenvalue weighted by molar-refractivity contribution is -0.124. The Labute approximate surface area is 110 Å². The SMILES string of the molecule is CCc1cccn2c(C3=NNC(=O)CO3)c(C)nc12. The summed E-state index contributed by atoms with van der Waals surface area (Å²) in [6.45, 7) is 3.98. The Morgan fingerprint density at radius 1 is 1.53 bits per heavy atom. The number of aryl methyl sites for hydroxylation is 2. The van der Waals surface area contributed by atoms with Gasteiger partial charge in [0.05, 0.1) is 5.69 Å². The van der Waals surface area contributed by atoms with Gasteiger partial charge in [0.25, 0.3) is 11.8 Å². The van der Waals surface area contributed by atoms with E-state index >= 15 is 0 Å². The highest BCUT2D eigenvalue weighted by Gasteiger charge is 2.21. The number of hydrogen-bond donors (Lipinski definition) is 1. The number of fused-ring (bicyclic) bond motifs is 1. The first kappa shape index (κ1) is 11.7. The maximum Gasteiger partial charge on any atom is 0.278 e. The Morgan fingerprint density at radius 2 is 2.37 bits per heavy atom. The number of carbonyl (C=O) groups excluding carboxylic acids is 1. The van der Waals surface area contributed by atoms with Gasteiger partial charge in [-0.15, -0.1) is 5.10 Å². The number of nitrogens with zero attached hydrogens (tertiary/aromatic N) is 3. The Bertz CT molecular complexity index is 687. The van der Waals surface area contributed by atoms with Crippen LogP contribution in [0, 0.1) is 6.92 Å². The van der Waals surface area contributed by atoms with Crippen molar-refractivity contribution in [1.29, 1.82) is 0 Å². The molecule has 2 aromatic rings. The number of aromatic nitrogens is 2. The van der Waals surface area contributed by atoms with Gasteiger partial charge in [0.2, 0.25) is 0 Å². The van der Waals surface area contributed by atoms with E-state index in [4.69, 9.17) is 4.74 Å². The van der Waals surface area contributed by atoms with Crippen LogP contribution in [0.25, 0.3) is 5.65 Å². The van der Waals surface area contributed by atoms with Gasteiger partial charge in [-0.1, -0.05) is 13.0 Å². The molecule has 0 unspecified atom stereocenters. The minimum absolute atomic E-state index is 0.0149. The van der Waals surface area contributed by atoms with Crippen molar-refractivity contribution in [2.75, 3.05) is 6.61 Å². The molecule has 1 amide bonds. The number of amides is 1. The third-order valence-electron chi connectivity index (χ3n) is 3.11. The predicted octanol–water partition coefficient (Wildman–Crippen LogP) is 1.01. The van der Waals surface area contributed by atoms with Crippen molar-refractivity contribution in [1.82, 2.24) is 14.8 Å². The van der Waals surface area contributed by atoms with Crippen LogP contribution in [0.2, 0.25) is 0 Å². The van der Waals surface area contributed by atoms with Crippen molar-refractivity contribution in [2.24, 2.45) is 5.10 Å². The molecule has 0 aliphatic carbocycles. The van der Waals surface area contributed by atoms with Crippen molar-refractivity contribution in [3.8, 4) is 0 Å². The van der Waals surface area contributed by atoms with E-state index < -0.39 is 0 Å². The second kappa shape index (κ2) is 4.38. The van der Waals surface area contributed by atoms with Crippen LogP contribution in [0.15, 0.2) is 23.4 Å². The first-order chi connectivity index (χ1) is 9.20. The number of nitrogens with one attached hydrogen (secondary N) is 1. The molecule has 0 radical (unpaired) electrons. The number of imidazole rings is 1. The van der Waals surface area contributed by atoms with Crippen LogP contribution in [-0.4, -0.2) is 27.8 Å². The summed E-state index contributed by atoms with van der Waals surface area (Å²) in [5.41, 5.74) is 6.10. The van der Waals surface area contributed by atoms with Gasteiger partial charge in [-0.25, -0.2) is 10.4 Å². The number of hydrazone groups is 1. The van der Waals surface area contributed by atoms with Crippen molar-refractivity contribution in [2.45, 2.75) is 20.3 Å². The third kappa shape index (κ3) is 1.85. The molecule has 1 aliphatic heterocycles. The fourth-order valence-electron chi connectivity index (χ4n) is 2.20. The van der Waals surface area contributed by atoms with Gasteiger partial charge >= 0.3 is 0 Å². The zero-order valence-corrected chi connectivity index (χ0v) is 10.8. The molecular formula is C13H14N4O2. The number of pyridine rings is 1. The second-order valence-electron chi connectivity index (χ2n) is 4.37. The lowest BCUT2D eigenvalue weighted by Gasteiger charge is -2.13. The molecule has 98 valence electrons. The van der Waals surface area contributed by atoms with Gasteiger partial charge in [-0.2, -0.15) is 0 Å². The molecule has 6 nitrogen and oxygen atoms in total. The maximum atomic E-state index is 11.1. The lowest BCUT2D eigenvalue weighted by atomic mass is 10.2. The summed E-state index contributed by atoms with van der Waals surface area (Å²) in [6, 6.07) is 4.02. The largest absolute Gasteiger partial charge is 0.465 e. The van der Waals surface area contributed by atoms with Crippen LogP contribution in [0.5, 0.6) is 0 Å². The molecule has 1 aliphatic rings. The molecule has 3 heterocycles. The van der Waals surface area contributed by atoms with Crippen molar-refractivity contribution in [3.63, 3.8) is 0 Å². The van der Waals surface area contributed by atoms with E-state index in [1.165, 1.54) is 0 Å². The highest BCUT2D eigenvalue weighted by Crippen LogP contribution is 2.18. The molecule has 3 rings (SSSR count). The van der Waals surface area contributed by atoms with Crippen LogP contribution in [0.3, 0.4) is 0 Å². The topological polar surface area (TPSA) is 68.0 Å². The summed E-state index contributed by atoms with van der Waals surface area (Å²) < 4.78 is 7.32. The summed E-state index contributed by atoms with van der Waals surface area (Å²) in [5.74, 6) is 0.155. The van der Waals surface area contributed by atoms with Gasteiger partial charge < -0.3 is 4.74 Å². The molecule has 0 spiro atoms. The number of rotatable bonds is 2. The van der Waals surface area contributed by atoms with Crippen LogP contribution >= 0.6 is 0 Å². The number of ether oxygens (including phenoxy) is 1. The van der Waals surface area contributed by atoms with Gasteiger partial charge in [-0.05, 0) is 25.0 Å². The minimum Gasteiger partial charge on any atom is -0.465 e. The summed E-state index contributed by atoms with van der Waals surface area (Å²) in [5, 5.41) is 3.95. The average Bonchev–Trinajstić information content (AvgIpc) is 2.76. The molecule has 0 aromatic carbocycles. The predicted molar refractivity (Wildman–Crippen MR) is 69.9 cm³/mol. The van der Waals surface area contributed by atoms with Crippen molar-refractivity contribution in [3.05, 3.63) is 35.3 Å². The smallest absolute Gasteiger partial charge is 0.278 e. The summed E-state index contributed by atoms with van der Waals surface area (Å²) in [4.78, 5) is 15.6. The van der Waals surface area contributed by atoms with Gasteiger partial charge in [-0.3, -0.25) is 9.20 Å². The van der Waals surface area contributed by atoms with E-state index in [0.29, 0.717) is 5.90 Å². The zero-order valence-electron chi connectivity index (χ0n) is 10.8. The first-order valence-electron chi connectivity index (χ1n) is 6.17. The quantitative estimate of drug-likeness (QED) is 0.874. The molecule has 0 bridgehead atoms. The van der Waals surface area contributed by atoms with E-state index in [-0.39, 0.29) is 12.5 Å². The van der Waals surface area contributed by atoms with Crippen LogP contribution in [-0.2, 0) is 16.0 Å². The van der Waals surface area contributed by atoms with E-state index in [0.717, 1.165) is 29.0 Å². The zero-order chi connectivity index (χ0) is 13.4. The van der Waals surface area contributed by atoms with E-state index in [1.807, 2.05) is 23.6 Å². The third-order valence-corrected chi connectivity index (χ3v) is 3.11. The summed E-state index contributed by atoms with van der Waals surface area (Å²) in [7, 11) is 0. The lowest BCUT2D eigenvalue weighted by Crippen LogP contribution is -2.32. The molecule has 0 fully saturated rings. The summed E-state index contributed by atoms with van der Waals surface area (Å²) >= 11 is 0. The fraction of sp³-hybridized carbons (Fsp3) is 0.308. The minimum atomic E-state index is -0.246. The highest BCUT2D eigenvalue weighted by molar-refractivity contribution is 5.98. The monoisotopic (exact) mass is 258 g/mol. The average molecular weight is 258 g/mol. The Balaban J connectivity index is 2.19. The molecule has 0 saturated heterocycles. The molecule has 0 atom stereocenters. The molecule has 2 aromatic heterocycles. The van der Waals surface area contributed by atoms with E-state index in [2.05, 4.69) is 28.5 Å². The molecule has 1 N–H and O–H groups in total. The van der Waals surface area contributed by atoms with Crippen LogP contribution < -0.4 is 5.43 Å². The number of carbonyl (C=O) groups is 1. The van der Waals surface area contributed by atoms with E-state index in [9.17, 15) is 4.79 Å². The van der Waals surface area contributed by atoms with Crippen molar-refractivity contribution < 1.29 is 9.53 Å². The van der Waals surface area contributed by atoms with Gasteiger partial charge in [0, 0.05) is 6.20 Å². The van der Waals surface area contributed by atoms with Gasteiger partial charge in [0.15, 0.2) is 6.61 Å². The van der Waals surface area contributed by atoms with Crippen LogP contribution in [0.1, 0.15) is 23.9 Å². The molecular weight excluding hydrogens is 244 g/mol. The molecule has 6 heteroatoms.